The van der Waals surface area contributed by atoms with Gasteiger partial charge in [0.2, 0.25) is 6.08 Å². The predicted octanol–water partition coefficient (Wildman–Crippen LogP) is 3.53. The Bertz CT molecular complexity index is 666. The van der Waals surface area contributed by atoms with Gasteiger partial charge in [0.15, 0.2) is 11.3 Å². The van der Waals surface area contributed by atoms with Crippen molar-refractivity contribution in [1.82, 2.24) is 0 Å². The van der Waals surface area contributed by atoms with Crippen LogP contribution in [0.15, 0.2) is 32.3 Å². The van der Waals surface area contributed by atoms with Crippen LogP contribution in [0.1, 0.15) is 18.4 Å². The maximum atomic E-state index is 10.6. The SMILES string of the molecule is COc1cc(C2(N=C=O)CC2)c(Br)c2ccoc12. The molecule has 0 unspecified atom stereocenters. The molecule has 0 N–H and O–H groups in total. The van der Waals surface area contributed by atoms with Crippen LogP contribution in [0.5, 0.6) is 5.75 Å². The van der Waals surface area contributed by atoms with Crippen molar-refractivity contribution in [3.8, 4) is 5.75 Å². The Morgan fingerprint density at radius 1 is 1.56 bits per heavy atom. The van der Waals surface area contributed by atoms with Gasteiger partial charge in [-0.05, 0) is 46.5 Å². The lowest BCUT2D eigenvalue weighted by molar-refractivity contribution is 0.409. The summed E-state index contributed by atoms with van der Waals surface area (Å²) in [6.45, 7) is 0. The zero-order chi connectivity index (χ0) is 12.8. The fraction of sp³-hybridized carbons (Fsp3) is 0.308. The number of aliphatic imine (C=N–C) groups is 1. The van der Waals surface area contributed by atoms with Gasteiger partial charge in [-0.2, -0.15) is 4.99 Å². The Hall–Kier alpha value is -1.58. The van der Waals surface area contributed by atoms with Crippen molar-refractivity contribution in [2.75, 3.05) is 7.11 Å². The van der Waals surface area contributed by atoms with Crippen LogP contribution in [0.2, 0.25) is 0 Å². The van der Waals surface area contributed by atoms with Crippen LogP contribution in [-0.4, -0.2) is 13.2 Å². The number of nitrogens with zero attached hydrogens (tertiary/aromatic N) is 1. The number of hydrogen-bond donors (Lipinski definition) is 0. The molecule has 3 rings (SSSR count). The molecule has 5 heteroatoms. The summed E-state index contributed by atoms with van der Waals surface area (Å²) in [5.74, 6) is 0.653. The van der Waals surface area contributed by atoms with Gasteiger partial charge in [0.1, 0.15) is 0 Å². The smallest absolute Gasteiger partial charge is 0.235 e. The molecular weight excluding hydrogens is 298 g/mol. The van der Waals surface area contributed by atoms with Crippen LogP contribution in [0.25, 0.3) is 11.0 Å². The molecule has 1 heterocycles. The molecule has 18 heavy (non-hydrogen) atoms. The van der Waals surface area contributed by atoms with Gasteiger partial charge < -0.3 is 9.15 Å². The summed E-state index contributed by atoms with van der Waals surface area (Å²) in [5, 5.41) is 0.928. The molecule has 1 fully saturated rings. The quantitative estimate of drug-likeness (QED) is 0.644. The van der Waals surface area contributed by atoms with Crippen molar-refractivity contribution in [1.29, 1.82) is 0 Å². The van der Waals surface area contributed by atoms with E-state index in [1.54, 1.807) is 19.5 Å². The van der Waals surface area contributed by atoms with Gasteiger partial charge in [-0.3, -0.25) is 0 Å². The molecule has 0 aliphatic heterocycles. The average molecular weight is 308 g/mol. The molecule has 2 aromatic rings. The fourth-order valence-corrected chi connectivity index (χ4v) is 3.01. The summed E-state index contributed by atoms with van der Waals surface area (Å²) in [6, 6.07) is 3.75. The number of carbonyl (C=O) groups excluding carboxylic acids is 1. The minimum atomic E-state index is -0.431. The van der Waals surface area contributed by atoms with Crippen molar-refractivity contribution in [2.45, 2.75) is 18.4 Å². The maximum Gasteiger partial charge on any atom is 0.235 e. The number of methoxy groups -OCH3 is 1. The molecule has 1 aliphatic carbocycles. The first-order valence-electron chi connectivity index (χ1n) is 5.55. The number of rotatable bonds is 3. The summed E-state index contributed by atoms with van der Waals surface area (Å²) >= 11 is 3.56. The number of hydrogen-bond acceptors (Lipinski definition) is 4. The highest BCUT2D eigenvalue weighted by Crippen LogP contribution is 2.54. The molecular formula is C13H10BrNO3. The minimum Gasteiger partial charge on any atom is -0.493 e. The lowest BCUT2D eigenvalue weighted by atomic mass is 10.0. The van der Waals surface area contributed by atoms with E-state index < -0.39 is 5.54 Å². The van der Waals surface area contributed by atoms with Crippen LogP contribution >= 0.6 is 15.9 Å². The van der Waals surface area contributed by atoms with Crippen molar-refractivity contribution in [3.05, 3.63) is 28.4 Å². The highest BCUT2D eigenvalue weighted by molar-refractivity contribution is 9.10. The van der Waals surface area contributed by atoms with E-state index in [4.69, 9.17) is 9.15 Å². The Morgan fingerprint density at radius 3 is 2.94 bits per heavy atom. The van der Waals surface area contributed by atoms with Gasteiger partial charge in [-0.1, -0.05) is 0 Å². The van der Waals surface area contributed by atoms with Crippen molar-refractivity contribution in [2.24, 2.45) is 4.99 Å². The summed E-state index contributed by atoms with van der Waals surface area (Å²) in [4.78, 5) is 14.5. The van der Waals surface area contributed by atoms with Crippen molar-refractivity contribution in [3.63, 3.8) is 0 Å². The first kappa shape index (κ1) is 11.5. The third kappa shape index (κ3) is 1.51. The van der Waals surface area contributed by atoms with E-state index in [0.29, 0.717) is 11.3 Å². The topological polar surface area (TPSA) is 51.8 Å². The van der Waals surface area contributed by atoms with E-state index in [1.807, 2.05) is 12.1 Å². The van der Waals surface area contributed by atoms with Gasteiger partial charge in [0.05, 0.1) is 18.9 Å². The molecule has 1 aliphatic rings. The van der Waals surface area contributed by atoms with Gasteiger partial charge in [0.25, 0.3) is 0 Å². The molecule has 4 nitrogen and oxygen atoms in total. The largest absolute Gasteiger partial charge is 0.493 e. The molecule has 92 valence electrons. The number of furan rings is 1. The number of halogens is 1. The third-order valence-electron chi connectivity index (χ3n) is 3.34. The number of fused-ring (bicyclic) bond motifs is 1. The summed E-state index contributed by atoms with van der Waals surface area (Å²) in [5.41, 5.74) is 1.22. The predicted molar refractivity (Wildman–Crippen MR) is 69.5 cm³/mol. The van der Waals surface area contributed by atoms with E-state index in [9.17, 15) is 4.79 Å². The standard InChI is InChI=1S/C13H10BrNO3/c1-17-10-6-9(13(3-4-13)15-7-16)11(14)8-2-5-18-12(8)10/h2,5-6H,3-4H2,1H3. The van der Waals surface area contributed by atoms with E-state index in [2.05, 4.69) is 20.9 Å². The maximum absolute atomic E-state index is 10.6. The lowest BCUT2D eigenvalue weighted by Crippen LogP contribution is -2.04. The van der Waals surface area contributed by atoms with Crippen LogP contribution in [0.4, 0.5) is 0 Å². The second-order valence-corrected chi connectivity index (χ2v) is 5.13. The minimum absolute atomic E-state index is 0.431. The second-order valence-electron chi connectivity index (χ2n) is 4.34. The monoisotopic (exact) mass is 307 g/mol. The third-order valence-corrected chi connectivity index (χ3v) is 4.20. The van der Waals surface area contributed by atoms with Crippen LogP contribution in [-0.2, 0) is 10.3 Å². The second kappa shape index (κ2) is 3.97. The normalized spacial score (nSPS) is 16.3. The van der Waals surface area contributed by atoms with Crippen molar-refractivity contribution >= 4 is 33.0 Å². The number of ether oxygens (including phenoxy) is 1. The first-order valence-corrected chi connectivity index (χ1v) is 6.34. The van der Waals surface area contributed by atoms with E-state index in [-0.39, 0.29) is 0 Å². The van der Waals surface area contributed by atoms with Crippen LogP contribution in [0, 0.1) is 0 Å². The molecule has 0 bridgehead atoms. The molecule has 0 saturated heterocycles. The molecule has 0 amide bonds. The van der Waals surface area contributed by atoms with E-state index in [0.717, 1.165) is 28.3 Å². The van der Waals surface area contributed by atoms with Crippen LogP contribution < -0.4 is 4.74 Å². The average Bonchev–Trinajstić information content (AvgIpc) is 2.97. The van der Waals surface area contributed by atoms with Gasteiger partial charge in [-0.15, -0.1) is 0 Å². The molecule has 0 radical (unpaired) electrons. The Morgan fingerprint density at radius 2 is 2.33 bits per heavy atom. The summed E-state index contributed by atoms with van der Waals surface area (Å²) < 4.78 is 11.6. The van der Waals surface area contributed by atoms with Gasteiger partial charge >= 0.3 is 0 Å². The van der Waals surface area contributed by atoms with Crippen LogP contribution in [0.3, 0.4) is 0 Å². The zero-order valence-electron chi connectivity index (χ0n) is 9.70. The molecule has 0 spiro atoms. The fourth-order valence-electron chi connectivity index (χ4n) is 2.22. The Labute approximate surface area is 112 Å². The molecule has 1 aromatic carbocycles. The molecule has 1 saturated carbocycles. The Kier molecular flexibility index (Phi) is 2.54. The highest BCUT2D eigenvalue weighted by Gasteiger charge is 2.47. The molecule has 0 atom stereocenters. The Balaban J connectivity index is 2.30. The lowest BCUT2D eigenvalue weighted by Gasteiger charge is -2.13. The van der Waals surface area contributed by atoms with E-state index in [1.165, 1.54) is 0 Å². The zero-order valence-corrected chi connectivity index (χ0v) is 11.3. The molecule has 1 aromatic heterocycles. The number of isocyanates is 1. The summed E-state index contributed by atoms with van der Waals surface area (Å²) in [7, 11) is 1.59. The highest BCUT2D eigenvalue weighted by atomic mass is 79.9. The van der Waals surface area contributed by atoms with Gasteiger partial charge in [-0.25, -0.2) is 4.79 Å². The first-order chi connectivity index (χ1) is 8.72. The number of benzene rings is 1. The van der Waals surface area contributed by atoms with Gasteiger partial charge in [0, 0.05) is 9.86 Å². The van der Waals surface area contributed by atoms with Crippen molar-refractivity contribution < 1.29 is 13.9 Å². The summed E-state index contributed by atoms with van der Waals surface area (Å²) in [6.07, 6.45) is 4.99. The van der Waals surface area contributed by atoms with E-state index >= 15 is 0 Å².